The number of amides is 4. The minimum absolute atomic E-state index is 0.0180. The van der Waals surface area contributed by atoms with E-state index in [9.17, 15) is 28.0 Å². The monoisotopic (exact) mass is 500 g/mol. The second-order valence-electron chi connectivity index (χ2n) is 7.52. The molecule has 9 nitrogen and oxygen atoms in total. The molecule has 1 aliphatic rings. The molecule has 0 unspecified atom stereocenters. The number of anilines is 1. The van der Waals surface area contributed by atoms with Crippen molar-refractivity contribution in [2.45, 2.75) is 18.5 Å². The van der Waals surface area contributed by atoms with E-state index in [1.165, 1.54) is 12.5 Å². The van der Waals surface area contributed by atoms with Crippen LogP contribution in [-0.4, -0.2) is 46.9 Å². The normalized spacial score (nSPS) is 16.1. The van der Waals surface area contributed by atoms with Gasteiger partial charge in [0.2, 0.25) is 5.91 Å². The second kappa shape index (κ2) is 9.97. The Bertz CT molecular complexity index is 1280. The van der Waals surface area contributed by atoms with Gasteiger partial charge in [-0.2, -0.15) is 0 Å². The molecule has 1 fully saturated rings. The number of hydrogen-bond donors (Lipinski definition) is 2. The van der Waals surface area contributed by atoms with Crippen LogP contribution in [0.1, 0.15) is 27.7 Å². The SMILES string of the molecule is COC(=O)c1csc(NC(=O)[C@H](Cc2ccccc2)N2C(=O)N[C@H](c3cc(F)cc(F)c3)C2=O)n1. The summed E-state index contributed by atoms with van der Waals surface area (Å²) in [6, 6.07) is 7.61. The van der Waals surface area contributed by atoms with Crippen LogP contribution in [0.4, 0.5) is 18.7 Å². The summed E-state index contributed by atoms with van der Waals surface area (Å²) in [6.07, 6.45) is -0.0364. The average molecular weight is 500 g/mol. The topological polar surface area (TPSA) is 118 Å². The van der Waals surface area contributed by atoms with Gasteiger partial charge in [0.25, 0.3) is 5.91 Å². The fraction of sp³-hybridized carbons (Fsp3) is 0.174. The van der Waals surface area contributed by atoms with Crippen molar-refractivity contribution >= 4 is 40.3 Å². The van der Waals surface area contributed by atoms with Crippen LogP contribution in [0.15, 0.2) is 53.9 Å². The summed E-state index contributed by atoms with van der Waals surface area (Å²) < 4.78 is 32.0. The quantitative estimate of drug-likeness (QED) is 0.380. The molecule has 0 saturated carbocycles. The average Bonchev–Trinajstić information content (AvgIpc) is 3.41. The highest BCUT2D eigenvalue weighted by Gasteiger charge is 2.45. The number of nitrogens with one attached hydrogen (secondary N) is 2. The molecule has 0 aliphatic carbocycles. The minimum Gasteiger partial charge on any atom is -0.464 e. The number of rotatable bonds is 7. The molecule has 3 aromatic rings. The summed E-state index contributed by atoms with van der Waals surface area (Å²) in [5, 5.41) is 6.35. The lowest BCUT2D eigenvalue weighted by Gasteiger charge is -2.24. The number of esters is 1. The Balaban J connectivity index is 1.63. The fourth-order valence-corrected chi connectivity index (χ4v) is 4.30. The smallest absolute Gasteiger partial charge is 0.357 e. The number of urea groups is 1. The first-order valence-corrected chi connectivity index (χ1v) is 11.1. The van der Waals surface area contributed by atoms with Gasteiger partial charge in [-0.1, -0.05) is 30.3 Å². The molecular weight excluding hydrogens is 482 g/mol. The van der Waals surface area contributed by atoms with E-state index in [4.69, 9.17) is 0 Å². The number of nitrogens with zero attached hydrogens (tertiary/aromatic N) is 2. The highest BCUT2D eigenvalue weighted by atomic mass is 32.1. The van der Waals surface area contributed by atoms with Crippen molar-refractivity contribution in [1.29, 1.82) is 0 Å². The molecule has 4 rings (SSSR count). The van der Waals surface area contributed by atoms with Crippen LogP contribution in [0.25, 0.3) is 0 Å². The molecule has 2 aromatic carbocycles. The molecule has 1 aliphatic heterocycles. The van der Waals surface area contributed by atoms with Crippen LogP contribution in [-0.2, 0) is 20.7 Å². The zero-order valence-electron chi connectivity index (χ0n) is 18.2. The van der Waals surface area contributed by atoms with Gasteiger partial charge < -0.3 is 15.4 Å². The summed E-state index contributed by atoms with van der Waals surface area (Å²) in [5.74, 6) is -4.10. The van der Waals surface area contributed by atoms with Gasteiger partial charge in [0.15, 0.2) is 10.8 Å². The first kappa shape index (κ1) is 24.0. The van der Waals surface area contributed by atoms with Crippen LogP contribution < -0.4 is 10.6 Å². The summed E-state index contributed by atoms with van der Waals surface area (Å²) >= 11 is 0.959. The Labute approximate surface area is 201 Å². The van der Waals surface area contributed by atoms with Crippen molar-refractivity contribution in [1.82, 2.24) is 15.2 Å². The predicted octanol–water partition coefficient (Wildman–Crippen LogP) is 3.05. The van der Waals surface area contributed by atoms with E-state index < -0.39 is 47.5 Å². The van der Waals surface area contributed by atoms with Crippen molar-refractivity contribution in [3.8, 4) is 0 Å². The summed E-state index contributed by atoms with van der Waals surface area (Å²) in [7, 11) is 1.19. The third-order valence-corrected chi connectivity index (χ3v) is 5.96. The van der Waals surface area contributed by atoms with Crippen molar-refractivity contribution < 1.29 is 32.7 Å². The van der Waals surface area contributed by atoms with Gasteiger partial charge in [0.1, 0.15) is 23.7 Å². The lowest BCUT2D eigenvalue weighted by molar-refractivity contribution is -0.134. The second-order valence-corrected chi connectivity index (χ2v) is 8.38. The molecule has 0 radical (unpaired) electrons. The number of aromatic nitrogens is 1. The lowest BCUT2D eigenvalue weighted by Crippen LogP contribution is -2.49. The lowest BCUT2D eigenvalue weighted by atomic mass is 10.0. The molecule has 12 heteroatoms. The van der Waals surface area contributed by atoms with Gasteiger partial charge in [-0.15, -0.1) is 11.3 Å². The first-order valence-electron chi connectivity index (χ1n) is 10.2. The zero-order valence-corrected chi connectivity index (χ0v) is 19.0. The van der Waals surface area contributed by atoms with Crippen LogP contribution in [0.3, 0.4) is 0 Å². The van der Waals surface area contributed by atoms with Crippen molar-refractivity contribution in [2.75, 3.05) is 12.4 Å². The van der Waals surface area contributed by atoms with Crippen LogP contribution in [0, 0.1) is 11.6 Å². The third kappa shape index (κ3) is 5.17. The number of carbonyl (C=O) groups is 4. The molecule has 1 aromatic heterocycles. The van der Waals surface area contributed by atoms with E-state index >= 15 is 0 Å². The molecule has 2 N–H and O–H groups in total. The van der Waals surface area contributed by atoms with E-state index in [-0.39, 0.29) is 22.8 Å². The Morgan fingerprint density at radius 2 is 1.86 bits per heavy atom. The number of imide groups is 1. The first-order chi connectivity index (χ1) is 16.8. The minimum atomic E-state index is -1.37. The zero-order chi connectivity index (χ0) is 25.1. The number of halogens is 2. The molecule has 1 saturated heterocycles. The third-order valence-electron chi connectivity index (χ3n) is 5.20. The van der Waals surface area contributed by atoms with E-state index in [0.29, 0.717) is 11.6 Å². The molecule has 2 atom stereocenters. The van der Waals surface area contributed by atoms with Gasteiger partial charge in [0, 0.05) is 17.9 Å². The molecule has 0 spiro atoms. The van der Waals surface area contributed by atoms with E-state index in [2.05, 4.69) is 20.4 Å². The van der Waals surface area contributed by atoms with Crippen LogP contribution >= 0.6 is 11.3 Å². The van der Waals surface area contributed by atoms with Gasteiger partial charge in [-0.3, -0.25) is 9.59 Å². The Kier molecular flexibility index (Phi) is 6.82. The van der Waals surface area contributed by atoms with E-state index in [1.54, 1.807) is 30.3 Å². The number of carbonyl (C=O) groups excluding carboxylic acids is 4. The van der Waals surface area contributed by atoms with E-state index in [1.807, 2.05) is 0 Å². The highest BCUT2D eigenvalue weighted by Crippen LogP contribution is 2.27. The predicted molar refractivity (Wildman–Crippen MR) is 120 cm³/mol. The van der Waals surface area contributed by atoms with Crippen LogP contribution in [0.2, 0.25) is 0 Å². The number of thiazole rings is 1. The van der Waals surface area contributed by atoms with Gasteiger partial charge >= 0.3 is 12.0 Å². The van der Waals surface area contributed by atoms with Crippen molar-refractivity contribution in [3.05, 3.63) is 82.4 Å². The molecule has 0 bridgehead atoms. The fourth-order valence-electron chi connectivity index (χ4n) is 3.61. The van der Waals surface area contributed by atoms with Crippen molar-refractivity contribution in [3.63, 3.8) is 0 Å². The van der Waals surface area contributed by atoms with E-state index in [0.717, 1.165) is 28.4 Å². The largest absolute Gasteiger partial charge is 0.464 e. The van der Waals surface area contributed by atoms with Gasteiger partial charge in [-0.05, 0) is 23.3 Å². The maximum absolute atomic E-state index is 13.7. The Hall–Kier alpha value is -4.19. The molecular formula is C23H18F2N4O5S. The molecule has 4 amide bonds. The maximum Gasteiger partial charge on any atom is 0.357 e. The number of ether oxygens (including phenoxy) is 1. The van der Waals surface area contributed by atoms with Gasteiger partial charge in [0.05, 0.1) is 7.11 Å². The molecule has 35 heavy (non-hydrogen) atoms. The standard InChI is InChI=1S/C23H18F2N4O5S/c1-34-21(32)16-11-35-22(26-16)28-19(30)17(7-12-5-3-2-4-6-12)29-20(31)18(27-23(29)33)13-8-14(24)10-15(25)9-13/h2-6,8-11,17-18H,7H2,1H3,(H,27,33)(H,26,28,30)/t17-,18+/m0/s1. The number of benzene rings is 2. The van der Waals surface area contributed by atoms with Crippen LogP contribution in [0.5, 0.6) is 0 Å². The van der Waals surface area contributed by atoms with Gasteiger partial charge in [-0.25, -0.2) is 28.3 Å². The summed E-state index contributed by atoms with van der Waals surface area (Å²) in [6.45, 7) is 0. The highest BCUT2D eigenvalue weighted by molar-refractivity contribution is 7.14. The van der Waals surface area contributed by atoms with Crippen molar-refractivity contribution in [2.24, 2.45) is 0 Å². The molecule has 180 valence electrons. The number of hydrogen-bond acceptors (Lipinski definition) is 7. The summed E-state index contributed by atoms with van der Waals surface area (Å²) in [5.41, 5.74) is 0.545. The Morgan fingerprint density at radius 3 is 2.51 bits per heavy atom. The maximum atomic E-state index is 13.7. The molecule has 2 heterocycles. The Morgan fingerprint density at radius 1 is 1.17 bits per heavy atom. The summed E-state index contributed by atoms with van der Waals surface area (Å²) in [4.78, 5) is 55.6. The number of methoxy groups -OCH3 is 1.